The number of anilines is 1. The zero-order valence-corrected chi connectivity index (χ0v) is 12.4. The Hall–Kier alpha value is -0.330. The third kappa shape index (κ3) is 3.11. The first kappa shape index (κ1) is 13.1. The van der Waals surface area contributed by atoms with E-state index in [4.69, 9.17) is 0 Å². The highest BCUT2D eigenvalue weighted by atomic mass is 32.2. The fraction of sp³-hybridized carbons (Fsp3) is 0.818. The molecule has 0 N–H and O–H groups in total. The van der Waals surface area contributed by atoms with Crippen molar-refractivity contribution in [1.82, 2.24) is 13.6 Å². The first-order valence-corrected chi connectivity index (χ1v) is 7.80. The van der Waals surface area contributed by atoms with Gasteiger partial charge >= 0.3 is 0 Å². The second-order valence-electron chi connectivity index (χ2n) is 4.59. The van der Waals surface area contributed by atoms with Crippen LogP contribution in [0.5, 0.6) is 0 Å². The number of nitrogens with zero attached hydrogens (tertiary/aromatic N) is 4. The molecule has 1 aromatic rings. The normalized spacial score (nSPS) is 20.5. The smallest absolute Gasteiger partial charge is 0.176 e. The van der Waals surface area contributed by atoms with Crippen molar-refractivity contribution in [1.29, 1.82) is 0 Å². The van der Waals surface area contributed by atoms with Crippen LogP contribution in [0.2, 0.25) is 0 Å². The van der Waals surface area contributed by atoms with Gasteiger partial charge in [-0.2, -0.15) is 8.75 Å². The standard InChI is InChI=1S/C11H20N4S2/c1-4-7-16-11-10(12-17-13-11)15-6-5-9(8-15)14(2)3/h9H,4-8H2,1-3H3/t9-/m0/s1. The van der Waals surface area contributed by atoms with Crippen molar-refractivity contribution in [3.05, 3.63) is 0 Å². The topological polar surface area (TPSA) is 32.3 Å². The molecule has 0 amide bonds. The molecule has 17 heavy (non-hydrogen) atoms. The second kappa shape index (κ2) is 6.02. The molecule has 1 aromatic heterocycles. The Kier molecular flexibility index (Phi) is 4.64. The third-order valence-corrected chi connectivity index (χ3v) is 4.87. The van der Waals surface area contributed by atoms with Gasteiger partial charge in [0.2, 0.25) is 0 Å². The molecular formula is C11H20N4S2. The van der Waals surface area contributed by atoms with Crippen molar-refractivity contribution in [3.63, 3.8) is 0 Å². The van der Waals surface area contributed by atoms with Crippen LogP contribution < -0.4 is 4.90 Å². The summed E-state index contributed by atoms with van der Waals surface area (Å²) >= 11 is 3.17. The molecule has 2 heterocycles. The number of hydrogen-bond donors (Lipinski definition) is 0. The van der Waals surface area contributed by atoms with Crippen LogP contribution >= 0.6 is 23.5 Å². The van der Waals surface area contributed by atoms with Crippen molar-refractivity contribution in [2.24, 2.45) is 0 Å². The fourth-order valence-electron chi connectivity index (χ4n) is 2.01. The molecule has 1 saturated heterocycles. The summed E-state index contributed by atoms with van der Waals surface area (Å²) < 4.78 is 8.87. The maximum absolute atomic E-state index is 4.46. The van der Waals surface area contributed by atoms with E-state index in [9.17, 15) is 0 Å². The first-order valence-electron chi connectivity index (χ1n) is 6.09. The maximum Gasteiger partial charge on any atom is 0.176 e. The van der Waals surface area contributed by atoms with Crippen LogP contribution in [0.25, 0.3) is 0 Å². The molecule has 0 radical (unpaired) electrons. The first-order chi connectivity index (χ1) is 8.22. The lowest BCUT2D eigenvalue weighted by atomic mass is 10.2. The molecule has 0 bridgehead atoms. The van der Waals surface area contributed by atoms with Crippen molar-refractivity contribution in [3.8, 4) is 0 Å². The predicted molar refractivity (Wildman–Crippen MR) is 75.2 cm³/mol. The van der Waals surface area contributed by atoms with Crippen molar-refractivity contribution in [2.45, 2.75) is 30.8 Å². The molecule has 1 aliphatic heterocycles. The van der Waals surface area contributed by atoms with Gasteiger partial charge in [0.05, 0.1) is 11.7 Å². The van der Waals surface area contributed by atoms with E-state index in [2.05, 4.69) is 39.6 Å². The zero-order chi connectivity index (χ0) is 12.3. The molecule has 1 atom stereocenters. The molecule has 2 rings (SSSR count). The van der Waals surface area contributed by atoms with E-state index in [-0.39, 0.29) is 0 Å². The summed E-state index contributed by atoms with van der Waals surface area (Å²) in [7, 11) is 4.31. The molecule has 0 unspecified atom stereocenters. The summed E-state index contributed by atoms with van der Waals surface area (Å²) in [4.78, 5) is 4.69. The van der Waals surface area contributed by atoms with Gasteiger partial charge in [-0.15, -0.1) is 11.8 Å². The average Bonchev–Trinajstić information content (AvgIpc) is 2.94. The number of thioether (sulfide) groups is 1. The summed E-state index contributed by atoms with van der Waals surface area (Å²) in [6.07, 6.45) is 2.41. The number of aromatic nitrogens is 2. The molecule has 4 nitrogen and oxygen atoms in total. The molecule has 0 saturated carbocycles. The Morgan fingerprint density at radius 1 is 1.47 bits per heavy atom. The van der Waals surface area contributed by atoms with Crippen LogP contribution in [0.4, 0.5) is 5.82 Å². The van der Waals surface area contributed by atoms with Crippen molar-refractivity contribution in [2.75, 3.05) is 37.8 Å². The molecule has 0 spiro atoms. The zero-order valence-electron chi connectivity index (χ0n) is 10.7. The number of hydrogen-bond acceptors (Lipinski definition) is 6. The highest BCUT2D eigenvalue weighted by Crippen LogP contribution is 2.31. The minimum atomic E-state index is 0.653. The third-order valence-electron chi connectivity index (χ3n) is 3.08. The van der Waals surface area contributed by atoms with Crippen LogP contribution in [-0.4, -0.2) is 52.6 Å². The Balaban J connectivity index is 2.00. The van der Waals surface area contributed by atoms with Gasteiger partial charge in [-0.3, -0.25) is 0 Å². The van der Waals surface area contributed by atoms with Gasteiger partial charge in [-0.1, -0.05) is 6.92 Å². The Bertz CT molecular complexity index is 353. The van der Waals surface area contributed by atoms with Crippen LogP contribution in [-0.2, 0) is 0 Å². The molecule has 1 fully saturated rings. The Morgan fingerprint density at radius 3 is 2.94 bits per heavy atom. The highest BCUT2D eigenvalue weighted by Gasteiger charge is 2.27. The van der Waals surface area contributed by atoms with Gasteiger partial charge in [-0.05, 0) is 32.7 Å². The van der Waals surface area contributed by atoms with Crippen LogP contribution in [0.15, 0.2) is 5.03 Å². The van der Waals surface area contributed by atoms with E-state index in [0.717, 1.165) is 29.7 Å². The minimum absolute atomic E-state index is 0.653. The lowest BCUT2D eigenvalue weighted by molar-refractivity contribution is 0.315. The van der Waals surface area contributed by atoms with E-state index < -0.39 is 0 Å². The van der Waals surface area contributed by atoms with Gasteiger partial charge in [0.1, 0.15) is 0 Å². The van der Waals surface area contributed by atoms with Gasteiger partial charge in [0.15, 0.2) is 10.8 Å². The molecule has 1 aliphatic rings. The predicted octanol–water partition coefficient (Wildman–Crippen LogP) is 2.18. The molecular weight excluding hydrogens is 252 g/mol. The van der Waals surface area contributed by atoms with Gasteiger partial charge in [0, 0.05) is 19.1 Å². The summed E-state index contributed by atoms with van der Waals surface area (Å²) in [6, 6.07) is 0.653. The maximum atomic E-state index is 4.46. The Labute approximate surface area is 112 Å². The van der Waals surface area contributed by atoms with Crippen LogP contribution in [0.3, 0.4) is 0 Å². The van der Waals surface area contributed by atoms with Crippen molar-refractivity contribution < 1.29 is 0 Å². The second-order valence-corrected chi connectivity index (χ2v) is 6.21. The van der Waals surface area contributed by atoms with E-state index >= 15 is 0 Å². The fourth-order valence-corrected chi connectivity index (χ4v) is 3.56. The monoisotopic (exact) mass is 272 g/mol. The highest BCUT2D eigenvalue weighted by molar-refractivity contribution is 7.99. The Morgan fingerprint density at radius 2 is 2.29 bits per heavy atom. The lowest BCUT2D eigenvalue weighted by Crippen LogP contribution is -2.31. The van der Waals surface area contributed by atoms with Gasteiger partial charge in [-0.25, -0.2) is 0 Å². The number of likely N-dealkylation sites (N-methyl/N-ethyl adjacent to an activating group) is 1. The molecule has 0 aliphatic carbocycles. The van der Waals surface area contributed by atoms with Gasteiger partial charge in [0.25, 0.3) is 0 Å². The minimum Gasteiger partial charge on any atom is -0.352 e. The lowest BCUT2D eigenvalue weighted by Gasteiger charge is -2.20. The summed E-state index contributed by atoms with van der Waals surface area (Å²) in [5.74, 6) is 2.24. The van der Waals surface area contributed by atoms with Crippen molar-refractivity contribution >= 4 is 29.3 Å². The van der Waals surface area contributed by atoms with Crippen LogP contribution in [0, 0.1) is 0 Å². The molecule has 0 aromatic carbocycles. The number of rotatable bonds is 5. The van der Waals surface area contributed by atoms with Gasteiger partial charge < -0.3 is 9.80 Å². The quantitative estimate of drug-likeness (QED) is 0.767. The summed E-state index contributed by atoms with van der Waals surface area (Å²) in [5, 5.41) is 1.12. The average molecular weight is 272 g/mol. The molecule has 96 valence electrons. The van der Waals surface area contributed by atoms with E-state index in [1.165, 1.54) is 24.6 Å². The van der Waals surface area contributed by atoms with E-state index in [1.54, 1.807) is 0 Å². The van der Waals surface area contributed by atoms with E-state index in [1.807, 2.05) is 11.8 Å². The summed E-state index contributed by atoms with van der Waals surface area (Å²) in [5.41, 5.74) is 0. The largest absolute Gasteiger partial charge is 0.352 e. The molecule has 6 heteroatoms. The van der Waals surface area contributed by atoms with Crippen LogP contribution in [0.1, 0.15) is 19.8 Å². The summed E-state index contributed by atoms with van der Waals surface area (Å²) in [6.45, 7) is 4.39. The van der Waals surface area contributed by atoms with E-state index in [0.29, 0.717) is 6.04 Å². The SMILES string of the molecule is CCCSc1nsnc1N1CC[C@H](N(C)C)C1.